The van der Waals surface area contributed by atoms with E-state index in [2.05, 4.69) is 15.5 Å². The Labute approximate surface area is 150 Å². The maximum atomic E-state index is 13.0. The molecule has 4 rings (SSSR count). The van der Waals surface area contributed by atoms with Gasteiger partial charge in [-0.1, -0.05) is 17.3 Å². The van der Waals surface area contributed by atoms with Gasteiger partial charge < -0.3 is 19.2 Å². The number of carbonyl (C=O) groups is 1. The van der Waals surface area contributed by atoms with Crippen molar-refractivity contribution in [2.75, 3.05) is 18.4 Å². The van der Waals surface area contributed by atoms with E-state index in [9.17, 15) is 18.0 Å². The third-order valence-electron chi connectivity index (χ3n) is 4.18. The Morgan fingerprint density at radius 1 is 1.19 bits per heavy atom. The van der Waals surface area contributed by atoms with Gasteiger partial charge in [0.05, 0.1) is 23.4 Å². The van der Waals surface area contributed by atoms with Crippen molar-refractivity contribution in [3.63, 3.8) is 0 Å². The molecule has 1 aromatic carbocycles. The third-order valence-corrected chi connectivity index (χ3v) is 4.18. The van der Waals surface area contributed by atoms with Crippen molar-refractivity contribution in [3.8, 4) is 11.6 Å². The summed E-state index contributed by atoms with van der Waals surface area (Å²) in [5.74, 6) is 0.936. The Kier molecular flexibility index (Phi) is 4.09. The highest BCUT2D eigenvalue weighted by Gasteiger charge is 2.38. The number of carbonyl (C=O) groups excluding carboxylic acids is 1. The molecule has 3 heterocycles. The normalized spacial score (nSPS) is 14.9. The van der Waals surface area contributed by atoms with Gasteiger partial charge in [-0.2, -0.15) is 18.2 Å². The van der Waals surface area contributed by atoms with E-state index in [1.165, 1.54) is 29.4 Å². The zero-order valence-corrected chi connectivity index (χ0v) is 13.7. The predicted octanol–water partition coefficient (Wildman–Crippen LogP) is 3.98. The summed E-state index contributed by atoms with van der Waals surface area (Å²) < 4.78 is 49.3. The number of para-hydroxylation sites is 1. The quantitative estimate of drug-likeness (QED) is 0.745. The Morgan fingerprint density at radius 3 is 2.67 bits per heavy atom. The van der Waals surface area contributed by atoms with E-state index < -0.39 is 17.8 Å². The number of nitrogens with one attached hydrogen (secondary N) is 1. The number of rotatable bonds is 3. The second kappa shape index (κ2) is 6.45. The number of halogens is 3. The number of hydrogen-bond acceptors (Lipinski definition) is 5. The average molecular weight is 378 g/mol. The highest BCUT2D eigenvalue weighted by atomic mass is 19.4. The average Bonchev–Trinajstić information content (AvgIpc) is 3.24. The van der Waals surface area contributed by atoms with E-state index in [1.54, 1.807) is 12.1 Å². The standard InChI is InChI=1S/C17H13F3N4O3/c18-17(19,20)11-4-1-2-5-12(11)21-16(25)24-8-10(9-24)15-22-14(23-27-15)13-6-3-7-26-13/h1-7,10H,8-9H2,(H,21,25). The van der Waals surface area contributed by atoms with Crippen LogP contribution in [0.15, 0.2) is 51.6 Å². The molecule has 27 heavy (non-hydrogen) atoms. The Bertz CT molecular complexity index is 946. The largest absolute Gasteiger partial charge is 0.461 e. The van der Waals surface area contributed by atoms with Crippen molar-refractivity contribution in [2.24, 2.45) is 0 Å². The molecule has 0 spiro atoms. The van der Waals surface area contributed by atoms with E-state index >= 15 is 0 Å². The number of likely N-dealkylation sites (tertiary alicyclic amines) is 1. The van der Waals surface area contributed by atoms with Crippen molar-refractivity contribution in [3.05, 3.63) is 54.1 Å². The summed E-state index contributed by atoms with van der Waals surface area (Å²) in [5, 5.41) is 6.12. The fraction of sp³-hybridized carbons (Fsp3) is 0.235. The summed E-state index contributed by atoms with van der Waals surface area (Å²) in [4.78, 5) is 17.8. The first-order valence-electron chi connectivity index (χ1n) is 8.01. The van der Waals surface area contributed by atoms with Crippen LogP contribution in [0.5, 0.6) is 0 Å². The van der Waals surface area contributed by atoms with Gasteiger partial charge in [-0.15, -0.1) is 0 Å². The molecule has 0 saturated carbocycles. The van der Waals surface area contributed by atoms with Gasteiger partial charge in [0.25, 0.3) is 0 Å². The minimum absolute atomic E-state index is 0.176. The van der Waals surface area contributed by atoms with Crippen LogP contribution in [0.25, 0.3) is 11.6 Å². The summed E-state index contributed by atoms with van der Waals surface area (Å²) in [7, 11) is 0. The SMILES string of the molecule is O=C(Nc1ccccc1C(F)(F)F)N1CC(c2nc(-c3ccco3)no2)C1. The molecule has 0 bridgehead atoms. The van der Waals surface area contributed by atoms with Crippen LogP contribution in [0, 0.1) is 0 Å². The van der Waals surface area contributed by atoms with Gasteiger partial charge in [-0.25, -0.2) is 4.79 Å². The number of urea groups is 1. The fourth-order valence-corrected chi connectivity index (χ4v) is 2.74. The highest BCUT2D eigenvalue weighted by molar-refractivity contribution is 5.91. The summed E-state index contributed by atoms with van der Waals surface area (Å²) in [6.07, 6.45) is -3.06. The molecule has 0 unspecified atom stereocenters. The van der Waals surface area contributed by atoms with Gasteiger partial charge in [0.2, 0.25) is 11.7 Å². The first-order valence-corrected chi connectivity index (χ1v) is 8.01. The Balaban J connectivity index is 1.38. The molecule has 0 atom stereocenters. The molecular weight excluding hydrogens is 365 g/mol. The zero-order chi connectivity index (χ0) is 19.0. The van der Waals surface area contributed by atoms with Gasteiger partial charge in [0, 0.05) is 13.1 Å². The molecule has 0 radical (unpaired) electrons. The molecule has 140 valence electrons. The van der Waals surface area contributed by atoms with Crippen LogP contribution in [0.3, 0.4) is 0 Å². The van der Waals surface area contributed by atoms with Crippen molar-refractivity contribution >= 4 is 11.7 Å². The topological polar surface area (TPSA) is 84.4 Å². The smallest absolute Gasteiger partial charge is 0.418 e. The number of amides is 2. The number of alkyl halides is 3. The van der Waals surface area contributed by atoms with Crippen LogP contribution in [0.1, 0.15) is 17.4 Å². The number of benzene rings is 1. The van der Waals surface area contributed by atoms with E-state index in [4.69, 9.17) is 8.94 Å². The molecule has 1 N–H and O–H groups in total. The third kappa shape index (κ3) is 3.37. The van der Waals surface area contributed by atoms with E-state index in [-0.39, 0.29) is 24.7 Å². The highest BCUT2D eigenvalue weighted by Crippen LogP contribution is 2.35. The molecule has 7 nitrogen and oxygen atoms in total. The second-order valence-corrected chi connectivity index (χ2v) is 6.01. The van der Waals surface area contributed by atoms with E-state index in [0.717, 1.165) is 6.07 Å². The molecule has 1 fully saturated rings. The van der Waals surface area contributed by atoms with Gasteiger partial charge in [0.1, 0.15) is 0 Å². The van der Waals surface area contributed by atoms with Gasteiger partial charge in [0.15, 0.2) is 5.76 Å². The first-order chi connectivity index (χ1) is 12.9. The van der Waals surface area contributed by atoms with Gasteiger partial charge in [-0.3, -0.25) is 0 Å². The summed E-state index contributed by atoms with van der Waals surface area (Å²) in [6, 6.07) is 7.60. The van der Waals surface area contributed by atoms with Gasteiger partial charge in [-0.05, 0) is 24.3 Å². The maximum Gasteiger partial charge on any atom is 0.418 e. The molecule has 1 aliphatic heterocycles. The predicted molar refractivity (Wildman–Crippen MR) is 86.8 cm³/mol. The van der Waals surface area contributed by atoms with Crippen LogP contribution in [-0.2, 0) is 6.18 Å². The van der Waals surface area contributed by atoms with Crippen LogP contribution in [-0.4, -0.2) is 34.2 Å². The van der Waals surface area contributed by atoms with Crippen molar-refractivity contribution < 1.29 is 26.9 Å². The number of nitrogens with zero attached hydrogens (tertiary/aromatic N) is 3. The fourth-order valence-electron chi connectivity index (χ4n) is 2.74. The van der Waals surface area contributed by atoms with Crippen molar-refractivity contribution in [1.82, 2.24) is 15.0 Å². The molecule has 0 aliphatic carbocycles. The first kappa shape index (κ1) is 17.1. The summed E-state index contributed by atoms with van der Waals surface area (Å²) in [5.41, 5.74) is -1.17. The lowest BCUT2D eigenvalue weighted by Gasteiger charge is -2.37. The van der Waals surface area contributed by atoms with E-state index in [0.29, 0.717) is 17.5 Å². The van der Waals surface area contributed by atoms with Crippen LogP contribution < -0.4 is 5.32 Å². The van der Waals surface area contributed by atoms with Crippen molar-refractivity contribution in [1.29, 1.82) is 0 Å². The van der Waals surface area contributed by atoms with E-state index in [1.807, 2.05) is 0 Å². The zero-order valence-electron chi connectivity index (χ0n) is 13.7. The summed E-state index contributed by atoms with van der Waals surface area (Å²) >= 11 is 0. The monoisotopic (exact) mass is 378 g/mol. The molecule has 10 heteroatoms. The molecule has 3 aromatic rings. The molecule has 1 saturated heterocycles. The Hall–Kier alpha value is -3.30. The lowest BCUT2D eigenvalue weighted by molar-refractivity contribution is -0.136. The van der Waals surface area contributed by atoms with Crippen molar-refractivity contribution in [2.45, 2.75) is 12.1 Å². The minimum atomic E-state index is -4.55. The molecular formula is C17H13F3N4O3. The van der Waals surface area contributed by atoms with Crippen LogP contribution in [0.2, 0.25) is 0 Å². The number of furan rings is 1. The lowest BCUT2D eigenvalue weighted by Crippen LogP contribution is -2.50. The number of anilines is 1. The lowest BCUT2D eigenvalue weighted by atomic mass is 10.0. The molecule has 1 aliphatic rings. The number of aromatic nitrogens is 2. The summed E-state index contributed by atoms with van der Waals surface area (Å²) in [6.45, 7) is 0.527. The Morgan fingerprint density at radius 2 is 1.96 bits per heavy atom. The molecule has 2 aromatic heterocycles. The minimum Gasteiger partial charge on any atom is -0.461 e. The second-order valence-electron chi connectivity index (χ2n) is 6.01. The van der Waals surface area contributed by atoms with Crippen LogP contribution >= 0.6 is 0 Å². The van der Waals surface area contributed by atoms with Crippen LogP contribution in [0.4, 0.5) is 23.7 Å². The number of hydrogen-bond donors (Lipinski definition) is 1. The molecule has 2 amide bonds. The maximum absolute atomic E-state index is 13.0. The van der Waals surface area contributed by atoms with Gasteiger partial charge >= 0.3 is 12.2 Å².